The van der Waals surface area contributed by atoms with Crippen LogP contribution in [0.15, 0.2) is 18.2 Å². The molecular formula is C19H31NO. The standard InChI is InChI=1S/C19H31NO/c1-6-20-18(16-9-7-8-12-19(16,3)4)15-13-14(2)10-11-17(15)21-5/h10-11,13,16,18,20H,6-9,12H2,1-5H3. The molecule has 0 radical (unpaired) electrons. The maximum atomic E-state index is 5.65. The van der Waals surface area contributed by atoms with Gasteiger partial charge >= 0.3 is 0 Å². The molecule has 118 valence electrons. The fourth-order valence-corrected chi connectivity index (χ4v) is 3.92. The second-order valence-electron chi connectivity index (χ2n) is 7.12. The van der Waals surface area contributed by atoms with Crippen LogP contribution in [0.25, 0.3) is 0 Å². The molecule has 2 nitrogen and oxygen atoms in total. The molecule has 2 heteroatoms. The van der Waals surface area contributed by atoms with Crippen molar-refractivity contribution >= 4 is 0 Å². The minimum absolute atomic E-state index is 0.389. The van der Waals surface area contributed by atoms with Gasteiger partial charge in [-0.3, -0.25) is 0 Å². The second-order valence-corrected chi connectivity index (χ2v) is 7.12. The SMILES string of the molecule is CCNC(c1cc(C)ccc1OC)C1CCCCC1(C)C. The van der Waals surface area contributed by atoms with E-state index in [0.717, 1.165) is 12.3 Å². The lowest BCUT2D eigenvalue weighted by atomic mass is 9.64. The highest BCUT2D eigenvalue weighted by atomic mass is 16.5. The predicted octanol–water partition coefficient (Wildman–Crippen LogP) is 4.87. The summed E-state index contributed by atoms with van der Waals surface area (Å²) in [5.74, 6) is 1.69. The fourth-order valence-electron chi connectivity index (χ4n) is 3.92. The van der Waals surface area contributed by atoms with E-state index in [4.69, 9.17) is 4.74 Å². The van der Waals surface area contributed by atoms with Crippen molar-refractivity contribution in [1.29, 1.82) is 0 Å². The van der Waals surface area contributed by atoms with Crippen LogP contribution in [-0.2, 0) is 0 Å². The third-order valence-corrected chi connectivity index (χ3v) is 5.14. The summed E-state index contributed by atoms with van der Waals surface area (Å²) in [6, 6.07) is 6.94. The molecule has 0 bridgehead atoms. The van der Waals surface area contributed by atoms with Gasteiger partial charge in [-0.25, -0.2) is 0 Å². The number of hydrogen-bond acceptors (Lipinski definition) is 2. The van der Waals surface area contributed by atoms with Crippen LogP contribution in [0.4, 0.5) is 0 Å². The molecule has 1 fully saturated rings. The summed E-state index contributed by atoms with van der Waals surface area (Å²) in [6.07, 6.45) is 5.35. The number of aryl methyl sites for hydroxylation is 1. The number of methoxy groups -OCH3 is 1. The van der Waals surface area contributed by atoms with Crippen LogP contribution < -0.4 is 10.1 Å². The summed E-state index contributed by atoms with van der Waals surface area (Å²) < 4.78 is 5.65. The molecule has 1 saturated carbocycles. The van der Waals surface area contributed by atoms with Crippen LogP contribution in [0.1, 0.15) is 63.6 Å². The highest BCUT2D eigenvalue weighted by molar-refractivity contribution is 5.39. The lowest BCUT2D eigenvalue weighted by molar-refractivity contribution is 0.0977. The van der Waals surface area contributed by atoms with Crippen molar-refractivity contribution in [2.75, 3.05) is 13.7 Å². The highest BCUT2D eigenvalue weighted by Crippen LogP contribution is 2.48. The van der Waals surface area contributed by atoms with Crippen LogP contribution in [0.5, 0.6) is 5.75 Å². The molecule has 0 spiro atoms. The van der Waals surface area contributed by atoms with Crippen molar-refractivity contribution in [1.82, 2.24) is 5.32 Å². The number of nitrogens with one attached hydrogen (secondary N) is 1. The maximum absolute atomic E-state index is 5.65. The van der Waals surface area contributed by atoms with Gasteiger partial charge in [-0.1, -0.05) is 51.3 Å². The number of rotatable bonds is 5. The van der Waals surface area contributed by atoms with Gasteiger partial charge in [-0.2, -0.15) is 0 Å². The van der Waals surface area contributed by atoms with E-state index in [1.165, 1.54) is 36.8 Å². The molecule has 1 aliphatic carbocycles. The molecule has 0 aliphatic heterocycles. The first-order chi connectivity index (χ1) is 9.99. The van der Waals surface area contributed by atoms with Crippen LogP contribution in [0.2, 0.25) is 0 Å². The van der Waals surface area contributed by atoms with Gasteiger partial charge < -0.3 is 10.1 Å². The van der Waals surface area contributed by atoms with Crippen molar-refractivity contribution in [2.45, 2.75) is 59.4 Å². The summed E-state index contributed by atoms with van der Waals surface area (Å²) in [6.45, 7) is 10.2. The second kappa shape index (κ2) is 6.83. The summed E-state index contributed by atoms with van der Waals surface area (Å²) in [7, 11) is 1.78. The van der Waals surface area contributed by atoms with Gasteiger partial charge in [0.1, 0.15) is 5.75 Å². The Morgan fingerprint density at radius 2 is 2.10 bits per heavy atom. The first-order valence-corrected chi connectivity index (χ1v) is 8.37. The van der Waals surface area contributed by atoms with Crippen molar-refractivity contribution in [3.05, 3.63) is 29.3 Å². The van der Waals surface area contributed by atoms with Crippen molar-refractivity contribution in [2.24, 2.45) is 11.3 Å². The Morgan fingerprint density at radius 3 is 2.71 bits per heavy atom. The van der Waals surface area contributed by atoms with Gasteiger partial charge in [-0.15, -0.1) is 0 Å². The van der Waals surface area contributed by atoms with E-state index in [-0.39, 0.29) is 0 Å². The van der Waals surface area contributed by atoms with E-state index < -0.39 is 0 Å². The Hall–Kier alpha value is -1.02. The monoisotopic (exact) mass is 289 g/mol. The van der Waals surface area contributed by atoms with Gasteiger partial charge in [-0.05, 0) is 43.7 Å². The van der Waals surface area contributed by atoms with Crippen molar-refractivity contribution in [3.63, 3.8) is 0 Å². The summed E-state index contributed by atoms with van der Waals surface area (Å²) in [4.78, 5) is 0. The Labute approximate surface area is 130 Å². The van der Waals surface area contributed by atoms with Crippen LogP contribution >= 0.6 is 0 Å². The number of benzene rings is 1. The quantitative estimate of drug-likeness (QED) is 0.835. The average Bonchev–Trinajstić information content (AvgIpc) is 2.45. The lowest BCUT2D eigenvalue weighted by Crippen LogP contribution is -2.39. The highest BCUT2D eigenvalue weighted by Gasteiger charge is 2.38. The number of ether oxygens (including phenoxy) is 1. The minimum atomic E-state index is 0.389. The zero-order chi connectivity index (χ0) is 15.5. The largest absolute Gasteiger partial charge is 0.496 e. The molecule has 1 N–H and O–H groups in total. The van der Waals surface area contributed by atoms with E-state index >= 15 is 0 Å². The summed E-state index contributed by atoms with van der Waals surface area (Å²) >= 11 is 0. The normalized spacial score (nSPS) is 22.8. The molecule has 0 amide bonds. The third-order valence-electron chi connectivity index (χ3n) is 5.14. The Balaban J connectivity index is 2.40. The van der Waals surface area contributed by atoms with Crippen LogP contribution in [0, 0.1) is 18.3 Å². The zero-order valence-corrected chi connectivity index (χ0v) is 14.3. The molecule has 0 aromatic heterocycles. The van der Waals surface area contributed by atoms with E-state index in [9.17, 15) is 0 Å². The molecule has 1 aliphatic rings. The van der Waals surface area contributed by atoms with E-state index in [1.807, 2.05) is 0 Å². The third kappa shape index (κ3) is 3.60. The van der Waals surface area contributed by atoms with Gasteiger partial charge in [0.05, 0.1) is 7.11 Å². The predicted molar refractivity (Wildman–Crippen MR) is 89.9 cm³/mol. The molecule has 2 rings (SSSR count). The topological polar surface area (TPSA) is 21.3 Å². The van der Waals surface area contributed by atoms with E-state index in [2.05, 4.69) is 51.2 Å². The average molecular weight is 289 g/mol. The lowest BCUT2D eigenvalue weighted by Gasteiger charge is -2.44. The Bertz CT molecular complexity index is 467. The summed E-state index contributed by atoms with van der Waals surface area (Å²) in [5.41, 5.74) is 3.03. The molecule has 1 aromatic rings. The van der Waals surface area contributed by atoms with Gasteiger partial charge in [0.15, 0.2) is 0 Å². The first-order valence-electron chi connectivity index (χ1n) is 8.37. The van der Waals surface area contributed by atoms with E-state index in [1.54, 1.807) is 7.11 Å². The maximum Gasteiger partial charge on any atom is 0.123 e. The molecule has 2 atom stereocenters. The van der Waals surface area contributed by atoms with Crippen molar-refractivity contribution in [3.8, 4) is 5.75 Å². The number of hydrogen-bond donors (Lipinski definition) is 1. The minimum Gasteiger partial charge on any atom is -0.496 e. The molecular weight excluding hydrogens is 258 g/mol. The molecule has 2 unspecified atom stereocenters. The molecule has 0 heterocycles. The Kier molecular flexibility index (Phi) is 5.32. The van der Waals surface area contributed by atoms with Gasteiger partial charge in [0.2, 0.25) is 0 Å². The van der Waals surface area contributed by atoms with E-state index in [0.29, 0.717) is 17.4 Å². The molecule has 1 aromatic carbocycles. The van der Waals surface area contributed by atoms with Crippen molar-refractivity contribution < 1.29 is 4.74 Å². The zero-order valence-electron chi connectivity index (χ0n) is 14.3. The first kappa shape index (κ1) is 16.4. The smallest absolute Gasteiger partial charge is 0.123 e. The Morgan fingerprint density at radius 1 is 1.33 bits per heavy atom. The van der Waals surface area contributed by atoms with Gasteiger partial charge in [0, 0.05) is 11.6 Å². The molecule has 0 saturated heterocycles. The van der Waals surface area contributed by atoms with Gasteiger partial charge in [0.25, 0.3) is 0 Å². The van der Waals surface area contributed by atoms with Crippen LogP contribution in [0.3, 0.4) is 0 Å². The van der Waals surface area contributed by atoms with Crippen LogP contribution in [-0.4, -0.2) is 13.7 Å². The summed E-state index contributed by atoms with van der Waals surface area (Å²) in [5, 5.41) is 3.75. The molecule has 21 heavy (non-hydrogen) atoms. The fraction of sp³-hybridized carbons (Fsp3) is 0.684.